The van der Waals surface area contributed by atoms with Gasteiger partial charge in [-0.15, -0.1) is 0 Å². The van der Waals surface area contributed by atoms with Crippen LogP contribution in [-0.2, 0) is 11.3 Å². The quantitative estimate of drug-likeness (QED) is 0.544. The molecule has 1 fully saturated rings. The SMILES string of the molecule is N#Cc1ccc(NC(=O)Cn2cc(-c3ccccc3)c3ncn(C4CC4)c(=O)c32)cc1. The van der Waals surface area contributed by atoms with Crippen LogP contribution in [0.15, 0.2) is 71.9 Å². The summed E-state index contributed by atoms with van der Waals surface area (Å²) in [6.45, 7) is -0.0189. The van der Waals surface area contributed by atoms with Crippen LogP contribution in [0.25, 0.3) is 22.2 Å². The summed E-state index contributed by atoms with van der Waals surface area (Å²) in [5, 5.41) is 11.7. The van der Waals surface area contributed by atoms with Gasteiger partial charge in [-0.25, -0.2) is 4.98 Å². The maximum Gasteiger partial charge on any atom is 0.278 e. The van der Waals surface area contributed by atoms with E-state index in [4.69, 9.17) is 5.26 Å². The van der Waals surface area contributed by atoms with E-state index in [0.717, 1.165) is 24.0 Å². The Balaban J connectivity index is 1.53. The number of amides is 1. The lowest BCUT2D eigenvalue weighted by atomic mass is 10.1. The van der Waals surface area contributed by atoms with Gasteiger partial charge in [-0.1, -0.05) is 30.3 Å². The minimum atomic E-state index is -0.262. The lowest BCUT2D eigenvalue weighted by Crippen LogP contribution is -2.24. The largest absolute Gasteiger partial charge is 0.332 e. The Morgan fingerprint density at radius 1 is 1.13 bits per heavy atom. The molecule has 1 N–H and O–H groups in total. The van der Waals surface area contributed by atoms with Crippen LogP contribution in [0.5, 0.6) is 0 Å². The summed E-state index contributed by atoms with van der Waals surface area (Å²) in [7, 11) is 0. The van der Waals surface area contributed by atoms with Gasteiger partial charge in [0.15, 0.2) is 0 Å². The molecule has 2 heterocycles. The van der Waals surface area contributed by atoms with Gasteiger partial charge in [0.25, 0.3) is 5.56 Å². The molecule has 0 aliphatic heterocycles. The molecule has 0 unspecified atom stereocenters. The van der Waals surface area contributed by atoms with Gasteiger partial charge in [0, 0.05) is 23.5 Å². The lowest BCUT2D eigenvalue weighted by molar-refractivity contribution is -0.116. The van der Waals surface area contributed by atoms with E-state index in [-0.39, 0.29) is 24.1 Å². The van der Waals surface area contributed by atoms with Gasteiger partial charge in [0.1, 0.15) is 17.6 Å². The van der Waals surface area contributed by atoms with Crippen LogP contribution in [0.4, 0.5) is 5.69 Å². The summed E-state index contributed by atoms with van der Waals surface area (Å²) < 4.78 is 3.36. The molecule has 152 valence electrons. The highest BCUT2D eigenvalue weighted by atomic mass is 16.2. The van der Waals surface area contributed by atoms with Crippen LogP contribution >= 0.6 is 0 Å². The van der Waals surface area contributed by atoms with Crippen molar-refractivity contribution in [3.63, 3.8) is 0 Å². The first kappa shape index (κ1) is 18.8. The Morgan fingerprint density at radius 3 is 2.55 bits per heavy atom. The zero-order valence-corrected chi connectivity index (χ0v) is 16.7. The molecule has 1 aliphatic carbocycles. The lowest BCUT2D eigenvalue weighted by Gasteiger charge is -2.08. The molecule has 2 aromatic carbocycles. The first-order chi connectivity index (χ1) is 15.1. The molecule has 1 amide bonds. The van der Waals surface area contributed by atoms with Crippen molar-refractivity contribution in [1.82, 2.24) is 14.1 Å². The molecule has 4 aromatic rings. The fraction of sp³-hybridized carbons (Fsp3) is 0.167. The minimum Gasteiger partial charge on any atom is -0.332 e. The number of hydrogen-bond donors (Lipinski definition) is 1. The number of anilines is 1. The van der Waals surface area contributed by atoms with Crippen molar-refractivity contribution >= 4 is 22.6 Å². The van der Waals surface area contributed by atoms with Crippen molar-refractivity contribution in [1.29, 1.82) is 5.26 Å². The van der Waals surface area contributed by atoms with E-state index in [1.165, 1.54) is 0 Å². The Labute approximate surface area is 178 Å². The molecule has 31 heavy (non-hydrogen) atoms. The van der Waals surface area contributed by atoms with Crippen molar-refractivity contribution in [2.24, 2.45) is 0 Å². The number of hydrogen-bond acceptors (Lipinski definition) is 4. The molecule has 1 aliphatic rings. The second kappa shape index (κ2) is 7.58. The van der Waals surface area contributed by atoms with Crippen LogP contribution in [0, 0.1) is 11.3 Å². The smallest absolute Gasteiger partial charge is 0.278 e. The average Bonchev–Trinajstić information content (AvgIpc) is 3.57. The van der Waals surface area contributed by atoms with Crippen LogP contribution in [0.3, 0.4) is 0 Å². The monoisotopic (exact) mass is 409 g/mol. The van der Waals surface area contributed by atoms with Crippen LogP contribution < -0.4 is 10.9 Å². The van der Waals surface area contributed by atoms with Gasteiger partial charge < -0.3 is 9.88 Å². The molecular formula is C24H19N5O2. The van der Waals surface area contributed by atoms with Gasteiger partial charge in [-0.3, -0.25) is 14.2 Å². The number of aromatic nitrogens is 3. The molecule has 0 saturated heterocycles. The number of nitriles is 1. The van der Waals surface area contributed by atoms with Gasteiger partial charge in [-0.2, -0.15) is 5.26 Å². The zero-order valence-electron chi connectivity index (χ0n) is 16.7. The van der Waals surface area contributed by atoms with Gasteiger partial charge in [-0.05, 0) is 42.7 Å². The second-order valence-corrected chi connectivity index (χ2v) is 7.66. The van der Waals surface area contributed by atoms with Crippen LogP contribution in [0.1, 0.15) is 24.4 Å². The molecule has 2 aromatic heterocycles. The Kier molecular flexibility index (Phi) is 4.60. The third-order valence-electron chi connectivity index (χ3n) is 5.44. The predicted molar refractivity (Wildman–Crippen MR) is 117 cm³/mol. The first-order valence-electron chi connectivity index (χ1n) is 10.1. The fourth-order valence-corrected chi connectivity index (χ4v) is 3.74. The fourth-order valence-electron chi connectivity index (χ4n) is 3.74. The molecule has 7 nitrogen and oxygen atoms in total. The molecule has 0 bridgehead atoms. The molecule has 5 rings (SSSR count). The molecule has 0 spiro atoms. The van der Waals surface area contributed by atoms with E-state index in [0.29, 0.717) is 22.3 Å². The summed E-state index contributed by atoms with van der Waals surface area (Å²) in [6, 6.07) is 18.6. The Hall–Kier alpha value is -4.18. The maximum atomic E-state index is 13.2. The first-order valence-corrected chi connectivity index (χ1v) is 10.1. The van der Waals surface area contributed by atoms with Crippen molar-refractivity contribution in [2.75, 3.05) is 5.32 Å². The van der Waals surface area contributed by atoms with E-state index < -0.39 is 0 Å². The van der Waals surface area contributed by atoms with Crippen molar-refractivity contribution in [2.45, 2.75) is 25.4 Å². The summed E-state index contributed by atoms with van der Waals surface area (Å²) in [4.78, 5) is 30.6. The molecule has 0 radical (unpaired) electrons. The number of nitrogens with zero attached hydrogens (tertiary/aromatic N) is 4. The second-order valence-electron chi connectivity index (χ2n) is 7.66. The number of fused-ring (bicyclic) bond motifs is 1. The number of carbonyl (C=O) groups excluding carboxylic acids is 1. The number of rotatable bonds is 5. The summed E-state index contributed by atoms with van der Waals surface area (Å²) in [5.41, 5.74) is 3.78. The summed E-state index contributed by atoms with van der Waals surface area (Å²) >= 11 is 0. The Morgan fingerprint density at radius 2 is 1.87 bits per heavy atom. The number of nitrogens with one attached hydrogen (secondary N) is 1. The maximum absolute atomic E-state index is 13.2. The molecule has 7 heteroatoms. The minimum absolute atomic E-state index is 0.0189. The summed E-state index contributed by atoms with van der Waals surface area (Å²) in [6.07, 6.45) is 5.39. The molecular weight excluding hydrogens is 390 g/mol. The third-order valence-corrected chi connectivity index (χ3v) is 5.44. The summed E-state index contributed by atoms with van der Waals surface area (Å²) in [5.74, 6) is -0.262. The van der Waals surface area contributed by atoms with E-state index in [9.17, 15) is 9.59 Å². The highest BCUT2D eigenvalue weighted by Gasteiger charge is 2.27. The Bertz CT molecular complexity index is 1370. The van der Waals surface area contributed by atoms with Crippen LogP contribution in [-0.4, -0.2) is 20.0 Å². The molecule has 0 atom stereocenters. The number of benzene rings is 2. The highest BCUT2D eigenvalue weighted by molar-refractivity contribution is 5.95. The third kappa shape index (κ3) is 3.60. The van der Waals surface area contributed by atoms with E-state index in [1.807, 2.05) is 36.5 Å². The van der Waals surface area contributed by atoms with E-state index in [1.54, 1.807) is 39.7 Å². The van der Waals surface area contributed by atoms with Crippen molar-refractivity contribution in [3.8, 4) is 17.2 Å². The molecule has 1 saturated carbocycles. The average molecular weight is 409 g/mol. The standard InChI is InChI=1S/C24H19N5O2/c25-12-16-6-8-18(9-7-16)27-21(30)14-28-13-20(17-4-2-1-3-5-17)22-23(28)24(31)29(15-26-22)19-10-11-19/h1-9,13,15,19H,10-11,14H2,(H,27,30). The van der Waals surface area contributed by atoms with Gasteiger partial charge in [0.05, 0.1) is 18.0 Å². The van der Waals surface area contributed by atoms with E-state index >= 15 is 0 Å². The highest BCUT2D eigenvalue weighted by Crippen LogP contribution is 2.34. The predicted octanol–water partition coefficient (Wildman–Crippen LogP) is 3.71. The van der Waals surface area contributed by atoms with Crippen molar-refractivity contribution in [3.05, 3.63) is 83.0 Å². The van der Waals surface area contributed by atoms with Gasteiger partial charge >= 0.3 is 0 Å². The normalized spacial score (nSPS) is 13.1. The van der Waals surface area contributed by atoms with E-state index in [2.05, 4.69) is 16.4 Å². The zero-order chi connectivity index (χ0) is 21.4. The van der Waals surface area contributed by atoms with Crippen molar-refractivity contribution < 1.29 is 4.79 Å². The number of carbonyl (C=O) groups is 1. The topological polar surface area (TPSA) is 92.7 Å². The van der Waals surface area contributed by atoms with Gasteiger partial charge in [0.2, 0.25) is 5.91 Å². The van der Waals surface area contributed by atoms with Crippen LogP contribution in [0.2, 0.25) is 0 Å².